The zero-order chi connectivity index (χ0) is 16.6. The van der Waals surface area contributed by atoms with Crippen LogP contribution in [0.5, 0.6) is 5.75 Å². The average molecular weight is 308 g/mol. The minimum atomic E-state index is -1.10. The minimum Gasteiger partial charge on any atom is -0.506 e. The number of hydrogen-bond acceptors (Lipinski definition) is 3. The lowest BCUT2D eigenvalue weighted by molar-refractivity contribution is 0.0687. The molecule has 0 bridgehead atoms. The third-order valence-electron chi connectivity index (χ3n) is 3.70. The number of nitrogens with zero attached hydrogens (tertiary/aromatic N) is 2. The zero-order valence-electron chi connectivity index (χ0n) is 12.8. The fraction of sp³-hybridized carbons (Fsp3) is 0.111. The van der Waals surface area contributed by atoms with Crippen molar-refractivity contribution < 1.29 is 15.0 Å². The lowest BCUT2D eigenvalue weighted by Gasteiger charge is -2.06. The maximum Gasteiger partial charge on any atom is 0.354 e. The van der Waals surface area contributed by atoms with Crippen LogP contribution >= 0.6 is 0 Å². The van der Waals surface area contributed by atoms with Gasteiger partial charge in [-0.25, -0.2) is 9.48 Å². The van der Waals surface area contributed by atoms with E-state index in [0.717, 1.165) is 16.7 Å². The number of aromatic hydroxyl groups is 1. The molecule has 116 valence electrons. The van der Waals surface area contributed by atoms with Gasteiger partial charge in [0.05, 0.1) is 5.69 Å². The van der Waals surface area contributed by atoms with Gasteiger partial charge >= 0.3 is 5.97 Å². The number of phenolic OH excluding ortho intramolecular Hbond substituents is 1. The van der Waals surface area contributed by atoms with Crippen molar-refractivity contribution in [3.63, 3.8) is 0 Å². The van der Waals surface area contributed by atoms with Crippen LogP contribution in [0.4, 0.5) is 0 Å². The predicted octanol–water partition coefficient (Wildman–Crippen LogP) is 3.56. The third kappa shape index (κ3) is 2.68. The van der Waals surface area contributed by atoms with E-state index >= 15 is 0 Å². The first-order valence-corrected chi connectivity index (χ1v) is 7.16. The number of carboxylic acid groups (broad SMARTS) is 1. The van der Waals surface area contributed by atoms with Crippen LogP contribution in [0, 0.1) is 13.8 Å². The van der Waals surface area contributed by atoms with Crippen molar-refractivity contribution in [2.75, 3.05) is 0 Å². The number of para-hydroxylation sites is 2. The fourth-order valence-electron chi connectivity index (χ4n) is 2.59. The Morgan fingerprint density at radius 3 is 2.48 bits per heavy atom. The second-order valence-electron chi connectivity index (χ2n) is 5.44. The number of benzene rings is 2. The minimum absolute atomic E-state index is 0.00137. The molecule has 0 unspecified atom stereocenters. The van der Waals surface area contributed by atoms with Crippen LogP contribution in [0.15, 0.2) is 48.5 Å². The van der Waals surface area contributed by atoms with Crippen molar-refractivity contribution in [3.05, 3.63) is 65.4 Å². The topological polar surface area (TPSA) is 75.3 Å². The van der Waals surface area contributed by atoms with Crippen molar-refractivity contribution in [1.29, 1.82) is 0 Å². The van der Waals surface area contributed by atoms with Gasteiger partial charge in [0.2, 0.25) is 0 Å². The van der Waals surface area contributed by atoms with E-state index in [1.807, 2.05) is 32.0 Å². The number of carboxylic acids is 1. The first kappa shape index (κ1) is 14.8. The van der Waals surface area contributed by atoms with Gasteiger partial charge in [-0.15, -0.1) is 0 Å². The Kier molecular flexibility index (Phi) is 3.62. The molecule has 3 rings (SSSR count). The van der Waals surface area contributed by atoms with Gasteiger partial charge in [-0.05, 0) is 37.6 Å². The molecule has 0 radical (unpaired) electrons. The van der Waals surface area contributed by atoms with E-state index < -0.39 is 5.97 Å². The van der Waals surface area contributed by atoms with Crippen molar-refractivity contribution in [3.8, 4) is 22.7 Å². The molecule has 2 N–H and O–H groups in total. The van der Waals surface area contributed by atoms with E-state index in [1.54, 1.807) is 18.2 Å². The summed E-state index contributed by atoms with van der Waals surface area (Å²) in [4.78, 5) is 11.5. The highest BCUT2D eigenvalue weighted by atomic mass is 16.4. The number of aryl methyl sites for hydroxylation is 2. The molecule has 1 heterocycles. The summed E-state index contributed by atoms with van der Waals surface area (Å²) in [6.07, 6.45) is 0. The van der Waals surface area contributed by atoms with Crippen molar-refractivity contribution >= 4 is 5.97 Å². The summed E-state index contributed by atoms with van der Waals surface area (Å²) in [7, 11) is 0. The summed E-state index contributed by atoms with van der Waals surface area (Å²) in [5.74, 6) is -1.12. The summed E-state index contributed by atoms with van der Waals surface area (Å²) < 4.78 is 1.26. The standard InChI is InChI=1S/C18H16N2O3/c1-11-7-8-13(12(2)9-11)14-10-16(18(22)23)20(19-14)15-5-3-4-6-17(15)21/h3-10,21H,1-2H3,(H,22,23). The lowest BCUT2D eigenvalue weighted by atomic mass is 10.0. The van der Waals surface area contributed by atoms with Gasteiger partial charge in [0.1, 0.15) is 11.4 Å². The molecular weight excluding hydrogens is 292 g/mol. The van der Waals surface area contributed by atoms with Crippen LogP contribution in [0.3, 0.4) is 0 Å². The van der Waals surface area contributed by atoms with E-state index in [0.29, 0.717) is 11.4 Å². The monoisotopic (exact) mass is 308 g/mol. The van der Waals surface area contributed by atoms with Gasteiger partial charge in [-0.1, -0.05) is 35.9 Å². The Labute approximate surface area is 133 Å². The molecule has 5 nitrogen and oxygen atoms in total. The molecule has 3 aromatic rings. The molecule has 0 amide bonds. The summed E-state index contributed by atoms with van der Waals surface area (Å²) in [6, 6.07) is 13.9. The Bertz CT molecular complexity index is 897. The molecule has 0 fully saturated rings. The summed E-state index contributed by atoms with van der Waals surface area (Å²) in [5.41, 5.74) is 3.91. The third-order valence-corrected chi connectivity index (χ3v) is 3.70. The normalized spacial score (nSPS) is 10.7. The van der Waals surface area contributed by atoms with Crippen LogP contribution in [0.2, 0.25) is 0 Å². The van der Waals surface area contributed by atoms with Gasteiger partial charge in [-0.2, -0.15) is 5.10 Å². The molecule has 0 aliphatic carbocycles. The van der Waals surface area contributed by atoms with Crippen LogP contribution in [-0.2, 0) is 0 Å². The number of phenols is 1. The maximum atomic E-state index is 11.5. The van der Waals surface area contributed by atoms with Gasteiger partial charge in [-0.3, -0.25) is 0 Å². The summed E-state index contributed by atoms with van der Waals surface area (Å²) in [5, 5.41) is 23.8. The highest BCUT2D eigenvalue weighted by Crippen LogP contribution is 2.28. The molecule has 0 spiro atoms. The predicted molar refractivity (Wildman–Crippen MR) is 87.1 cm³/mol. The van der Waals surface area contributed by atoms with E-state index in [2.05, 4.69) is 5.10 Å². The molecule has 0 aliphatic heterocycles. The van der Waals surface area contributed by atoms with Gasteiger partial charge < -0.3 is 10.2 Å². The number of aromatic carboxylic acids is 1. The highest BCUT2D eigenvalue weighted by Gasteiger charge is 2.19. The second kappa shape index (κ2) is 5.61. The molecule has 0 aliphatic rings. The fourth-order valence-corrected chi connectivity index (χ4v) is 2.59. The average Bonchev–Trinajstić information content (AvgIpc) is 2.92. The molecule has 0 atom stereocenters. The Hall–Kier alpha value is -3.08. The quantitative estimate of drug-likeness (QED) is 0.775. The molecule has 23 heavy (non-hydrogen) atoms. The molecule has 1 aromatic heterocycles. The Balaban J connectivity index is 2.21. The van der Waals surface area contributed by atoms with Gasteiger partial charge in [0.15, 0.2) is 5.69 Å². The smallest absolute Gasteiger partial charge is 0.354 e. The van der Waals surface area contributed by atoms with Gasteiger partial charge in [0, 0.05) is 5.56 Å². The SMILES string of the molecule is Cc1ccc(-c2cc(C(=O)O)n(-c3ccccc3O)n2)c(C)c1. The molecular formula is C18H16N2O3. The lowest BCUT2D eigenvalue weighted by Crippen LogP contribution is -2.07. The summed E-state index contributed by atoms with van der Waals surface area (Å²) >= 11 is 0. The van der Waals surface area contributed by atoms with E-state index in [9.17, 15) is 15.0 Å². The Morgan fingerprint density at radius 1 is 1.09 bits per heavy atom. The largest absolute Gasteiger partial charge is 0.506 e. The van der Waals surface area contributed by atoms with E-state index in [4.69, 9.17) is 0 Å². The summed E-state index contributed by atoms with van der Waals surface area (Å²) in [6.45, 7) is 3.96. The number of carbonyl (C=O) groups is 1. The van der Waals surface area contributed by atoms with E-state index in [1.165, 1.54) is 16.8 Å². The molecule has 5 heteroatoms. The Morgan fingerprint density at radius 2 is 1.83 bits per heavy atom. The molecule has 0 saturated carbocycles. The molecule has 0 saturated heterocycles. The maximum absolute atomic E-state index is 11.5. The highest BCUT2D eigenvalue weighted by molar-refractivity contribution is 5.88. The van der Waals surface area contributed by atoms with Crippen molar-refractivity contribution in [1.82, 2.24) is 9.78 Å². The van der Waals surface area contributed by atoms with Crippen LogP contribution in [0.1, 0.15) is 21.6 Å². The van der Waals surface area contributed by atoms with Crippen LogP contribution in [-0.4, -0.2) is 26.0 Å². The first-order chi connectivity index (χ1) is 11.0. The van der Waals surface area contributed by atoms with Crippen LogP contribution in [0.25, 0.3) is 16.9 Å². The van der Waals surface area contributed by atoms with E-state index in [-0.39, 0.29) is 11.4 Å². The van der Waals surface area contributed by atoms with Crippen molar-refractivity contribution in [2.24, 2.45) is 0 Å². The number of aromatic nitrogens is 2. The van der Waals surface area contributed by atoms with Crippen LogP contribution < -0.4 is 0 Å². The number of rotatable bonds is 3. The second-order valence-corrected chi connectivity index (χ2v) is 5.44. The zero-order valence-corrected chi connectivity index (χ0v) is 12.8. The number of hydrogen-bond donors (Lipinski definition) is 2. The first-order valence-electron chi connectivity index (χ1n) is 7.16. The van der Waals surface area contributed by atoms with Crippen molar-refractivity contribution in [2.45, 2.75) is 13.8 Å². The van der Waals surface area contributed by atoms with Gasteiger partial charge in [0.25, 0.3) is 0 Å². The molecule has 2 aromatic carbocycles.